The number of hydrogen-bond acceptors (Lipinski definition) is 2. The van der Waals surface area contributed by atoms with Crippen LogP contribution in [0.25, 0.3) is 0 Å². The zero-order valence-electron chi connectivity index (χ0n) is 14.0. The Kier molecular flexibility index (Phi) is 16.5. The first-order valence-electron chi connectivity index (χ1n) is 8.52. The number of unbranched alkanes of at least 4 members (excludes halogenated alkanes) is 3. The van der Waals surface area contributed by atoms with E-state index in [-0.39, 0.29) is 6.10 Å². The van der Waals surface area contributed by atoms with Crippen LogP contribution in [0, 0.1) is 0 Å². The summed E-state index contributed by atoms with van der Waals surface area (Å²) in [6.07, 6.45) is 21.1. The van der Waals surface area contributed by atoms with E-state index in [0.717, 1.165) is 38.7 Å². The van der Waals surface area contributed by atoms with E-state index in [1.165, 1.54) is 19.3 Å². The Bertz CT molecular complexity index is 279. The van der Waals surface area contributed by atoms with Gasteiger partial charge in [-0.2, -0.15) is 0 Å². The second-order valence-electron chi connectivity index (χ2n) is 5.27. The molecule has 0 aromatic rings. The van der Waals surface area contributed by atoms with Crippen LogP contribution in [0.5, 0.6) is 0 Å². The number of rotatable bonds is 14. The summed E-state index contributed by atoms with van der Waals surface area (Å²) in [5, 5.41) is 9.84. The summed E-state index contributed by atoms with van der Waals surface area (Å²) in [5.41, 5.74) is 0. The highest BCUT2D eigenvalue weighted by molar-refractivity contribution is 4.93. The Hall–Kier alpha value is -0.860. The van der Waals surface area contributed by atoms with E-state index in [0.29, 0.717) is 6.61 Å². The predicted octanol–water partition coefficient (Wildman–Crippen LogP) is 5.19. The van der Waals surface area contributed by atoms with Gasteiger partial charge in [0.1, 0.15) is 0 Å². The van der Waals surface area contributed by atoms with Gasteiger partial charge in [-0.25, -0.2) is 0 Å². The molecule has 0 fully saturated rings. The molecule has 0 radical (unpaired) electrons. The highest BCUT2D eigenvalue weighted by Crippen LogP contribution is 2.06. The average Bonchev–Trinajstić information content (AvgIpc) is 2.49. The molecule has 1 N–H and O–H groups in total. The van der Waals surface area contributed by atoms with Gasteiger partial charge in [-0.1, -0.05) is 56.2 Å². The van der Waals surface area contributed by atoms with Crippen LogP contribution in [-0.2, 0) is 4.74 Å². The van der Waals surface area contributed by atoms with Gasteiger partial charge in [0.05, 0.1) is 12.7 Å². The molecule has 122 valence electrons. The maximum Gasteiger partial charge on any atom is 0.0647 e. The second-order valence-corrected chi connectivity index (χ2v) is 5.27. The van der Waals surface area contributed by atoms with Crippen molar-refractivity contribution in [3.63, 3.8) is 0 Å². The SMILES string of the molecule is CCCCC/C=C\C[C@H](O)CC/C=C\C/C=C\COCC. The third kappa shape index (κ3) is 17.1. The van der Waals surface area contributed by atoms with Crippen molar-refractivity contribution in [1.82, 2.24) is 0 Å². The molecule has 0 aromatic heterocycles. The quantitative estimate of drug-likeness (QED) is 0.353. The van der Waals surface area contributed by atoms with Crippen LogP contribution in [0.15, 0.2) is 36.5 Å². The Morgan fingerprint density at radius 1 is 0.905 bits per heavy atom. The lowest BCUT2D eigenvalue weighted by molar-refractivity contribution is 0.169. The minimum atomic E-state index is -0.203. The van der Waals surface area contributed by atoms with Crippen LogP contribution in [0.4, 0.5) is 0 Å². The molecular weight excluding hydrogens is 260 g/mol. The first-order valence-corrected chi connectivity index (χ1v) is 8.52. The molecule has 0 aromatic carbocycles. The van der Waals surface area contributed by atoms with E-state index < -0.39 is 0 Å². The molecule has 0 saturated carbocycles. The van der Waals surface area contributed by atoms with Crippen molar-refractivity contribution in [2.75, 3.05) is 13.2 Å². The highest BCUT2D eigenvalue weighted by Gasteiger charge is 1.98. The van der Waals surface area contributed by atoms with Crippen molar-refractivity contribution < 1.29 is 9.84 Å². The smallest absolute Gasteiger partial charge is 0.0647 e. The van der Waals surface area contributed by atoms with Gasteiger partial charge in [-0.15, -0.1) is 0 Å². The molecule has 0 unspecified atom stereocenters. The largest absolute Gasteiger partial charge is 0.393 e. The molecular formula is C19H34O2. The topological polar surface area (TPSA) is 29.5 Å². The van der Waals surface area contributed by atoms with Gasteiger partial charge < -0.3 is 9.84 Å². The van der Waals surface area contributed by atoms with E-state index in [1.807, 2.05) is 13.0 Å². The molecule has 2 nitrogen and oxygen atoms in total. The standard InChI is InChI=1S/C19H34O2/c1-3-5-6-7-10-13-16-19(20)17-14-11-8-9-12-15-18-21-4-2/h8,10-13,15,19-20H,3-7,9,14,16-18H2,1-2H3/b11-8-,13-10-,15-12-/t19-/m0/s1. The fourth-order valence-corrected chi connectivity index (χ4v) is 1.93. The molecule has 0 saturated heterocycles. The Labute approximate surface area is 131 Å². The molecule has 0 heterocycles. The molecule has 0 spiro atoms. The van der Waals surface area contributed by atoms with E-state index in [4.69, 9.17) is 4.74 Å². The van der Waals surface area contributed by atoms with Gasteiger partial charge >= 0.3 is 0 Å². The molecule has 0 aliphatic rings. The maximum absolute atomic E-state index is 9.84. The third-order valence-corrected chi connectivity index (χ3v) is 3.24. The van der Waals surface area contributed by atoms with Crippen molar-refractivity contribution in [3.05, 3.63) is 36.5 Å². The van der Waals surface area contributed by atoms with Crippen LogP contribution in [-0.4, -0.2) is 24.4 Å². The van der Waals surface area contributed by atoms with Gasteiger partial charge in [-0.05, 0) is 45.4 Å². The number of aliphatic hydroxyl groups is 1. The van der Waals surface area contributed by atoms with Crippen LogP contribution in [0.2, 0.25) is 0 Å². The number of hydrogen-bond donors (Lipinski definition) is 1. The zero-order chi connectivity index (χ0) is 15.6. The normalized spacial score (nSPS) is 13.9. The van der Waals surface area contributed by atoms with Crippen LogP contribution in [0.1, 0.15) is 65.2 Å². The molecule has 0 aliphatic heterocycles. The molecule has 0 rings (SSSR count). The summed E-state index contributed by atoms with van der Waals surface area (Å²) in [5.74, 6) is 0. The second kappa shape index (κ2) is 17.2. The lowest BCUT2D eigenvalue weighted by atomic mass is 10.1. The van der Waals surface area contributed by atoms with Crippen LogP contribution in [0.3, 0.4) is 0 Å². The van der Waals surface area contributed by atoms with E-state index >= 15 is 0 Å². The van der Waals surface area contributed by atoms with Crippen molar-refractivity contribution in [3.8, 4) is 0 Å². The fraction of sp³-hybridized carbons (Fsp3) is 0.684. The third-order valence-electron chi connectivity index (χ3n) is 3.24. The fourth-order valence-electron chi connectivity index (χ4n) is 1.93. The average molecular weight is 294 g/mol. The van der Waals surface area contributed by atoms with Gasteiger partial charge in [-0.3, -0.25) is 0 Å². The first-order chi connectivity index (χ1) is 10.3. The van der Waals surface area contributed by atoms with E-state index in [1.54, 1.807) is 0 Å². The number of aliphatic hydroxyl groups excluding tert-OH is 1. The first kappa shape index (κ1) is 20.1. The maximum atomic E-state index is 9.84. The van der Waals surface area contributed by atoms with Crippen LogP contribution < -0.4 is 0 Å². The van der Waals surface area contributed by atoms with Crippen molar-refractivity contribution in [2.24, 2.45) is 0 Å². The molecule has 2 heteroatoms. The Morgan fingerprint density at radius 2 is 1.67 bits per heavy atom. The van der Waals surface area contributed by atoms with Gasteiger partial charge in [0, 0.05) is 6.61 Å². The summed E-state index contributed by atoms with van der Waals surface area (Å²) in [4.78, 5) is 0. The lowest BCUT2D eigenvalue weighted by Gasteiger charge is -2.05. The summed E-state index contributed by atoms with van der Waals surface area (Å²) in [6, 6.07) is 0. The van der Waals surface area contributed by atoms with Crippen molar-refractivity contribution in [2.45, 2.75) is 71.3 Å². The summed E-state index contributed by atoms with van der Waals surface area (Å²) in [7, 11) is 0. The summed E-state index contributed by atoms with van der Waals surface area (Å²) >= 11 is 0. The molecule has 1 atom stereocenters. The lowest BCUT2D eigenvalue weighted by Crippen LogP contribution is -2.03. The van der Waals surface area contributed by atoms with Gasteiger partial charge in [0.25, 0.3) is 0 Å². The number of ether oxygens (including phenoxy) is 1. The molecule has 21 heavy (non-hydrogen) atoms. The molecule has 0 bridgehead atoms. The predicted molar refractivity (Wildman–Crippen MR) is 92.5 cm³/mol. The van der Waals surface area contributed by atoms with Crippen molar-refractivity contribution >= 4 is 0 Å². The monoisotopic (exact) mass is 294 g/mol. The van der Waals surface area contributed by atoms with Gasteiger partial charge in [0.2, 0.25) is 0 Å². The molecule has 0 aliphatic carbocycles. The Balaban J connectivity index is 3.43. The minimum Gasteiger partial charge on any atom is -0.393 e. The van der Waals surface area contributed by atoms with Crippen LogP contribution >= 0.6 is 0 Å². The van der Waals surface area contributed by atoms with Gasteiger partial charge in [0.15, 0.2) is 0 Å². The Morgan fingerprint density at radius 3 is 2.43 bits per heavy atom. The summed E-state index contributed by atoms with van der Waals surface area (Å²) < 4.78 is 5.21. The van der Waals surface area contributed by atoms with Crippen molar-refractivity contribution in [1.29, 1.82) is 0 Å². The van der Waals surface area contributed by atoms with E-state index in [9.17, 15) is 5.11 Å². The zero-order valence-corrected chi connectivity index (χ0v) is 14.0. The summed E-state index contributed by atoms with van der Waals surface area (Å²) in [6.45, 7) is 5.69. The molecule has 0 amide bonds. The number of allylic oxidation sites excluding steroid dienone is 4. The highest BCUT2D eigenvalue weighted by atomic mass is 16.5. The van der Waals surface area contributed by atoms with E-state index in [2.05, 4.69) is 37.3 Å². The minimum absolute atomic E-state index is 0.203.